The molecule has 0 saturated carbocycles. The Morgan fingerprint density at radius 1 is 1.47 bits per heavy atom. The number of nitriles is 1. The van der Waals surface area contributed by atoms with E-state index in [1.807, 2.05) is 0 Å². The van der Waals surface area contributed by atoms with E-state index in [1.54, 1.807) is 0 Å². The van der Waals surface area contributed by atoms with E-state index >= 15 is 0 Å². The van der Waals surface area contributed by atoms with Crippen LogP contribution in [0.5, 0.6) is 0 Å². The summed E-state index contributed by atoms with van der Waals surface area (Å²) in [6, 6.07) is 10.8. The van der Waals surface area contributed by atoms with E-state index in [0.717, 1.165) is 13.1 Å². The molecular weight excluding hydrogens is 184 g/mol. The second kappa shape index (κ2) is 4.46. The highest BCUT2D eigenvalue weighted by Crippen LogP contribution is 2.28. The average Bonchev–Trinajstić information content (AvgIpc) is 2.68. The molecule has 2 nitrogen and oxygen atoms in total. The Morgan fingerprint density at radius 2 is 2.27 bits per heavy atom. The van der Waals surface area contributed by atoms with Crippen LogP contribution in [0.3, 0.4) is 0 Å². The maximum atomic E-state index is 8.65. The molecule has 0 amide bonds. The third kappa shape index (κ3) is 2.19. The molecule has 15 heavy (non-hydrogen) atoms. The molecule has 0 N–H and O–H groups in total. The smallest absolute Gasteiger partial charge is 0.0866 e. The lowest BCUT2D eigenvalue weighted by atomic mass is 9.94. The Hall–Kier alpha value is -1.33. The van der Waals surface area contributed by atoms with Crippen LogP contribution in [0.15, 0.2) is 24.3 Å². The first-order chi connectivity index (χ1) is 7.31. The molecule has 1 aromatic carbocycles. The SMILES string of the molecule is Cc1ccccc1[C@H]1CCN(CC#N)C1. The van der Waals surface area contributed by atoms with E-state index in [1.165, 1.54) is 17.5 Å². The minimum Gasteiger partial charge on any atom is -0.290 e. The summed E-state index contributed by atoms with van der Waals surface area (Å²) in [5, 5.41) is 8.65. The summed E-state index contributed by atoms with van der Waals surface area (Å²) >= 11 is 0. The molecule has 0 radical (unpaired) electrons. The van der Waals surface area contributed by atoms with Crippen molar-refractivity contribution in [1.29, 1.82) is 5.26 Å². The predicted octanol–water partition coefficient (Wildman–Crippen LogP) is 2.31. The largest absolute Gasteiger partial charge is 0.290 e. The number of aryl methyl sites for hydroxylation is 1. The molecule has 0 unspecified atom stereocenters. The van der Waals surface area contributed by atoms with Crippen LogP contribution in [0.25, 0.3) is 0 Å². The highest BCUT2D eigenvalue weighted by Gasteiger charge is 2.24. The van der Waals surface area contributed by atoms with Crippen molar-refractivity contribution in [3.05, 3.63) is 35.4 Å². The summed E-state index contributed by atoms with van der Waals surface area (Å²) in [6.45, 7) is 4.84. The topological polar surface area (TPSA) is 27.0 Å². The van der Waals surface area contributed by atoms with Crippen molar-refractivity contribution >= 4 is 0 Å². The van der Waals surface area contributed by atoms with E-state index in [9.17, 15) is 0 Å². The molecule has 2 rings (SSSR count). The monoisotopic (exact) mass is 200 g/mol. The second-order valence-electron chi connectivity index (χ2n) is 4.24. The Morgan fingerprint density at radius 3 is 3.00 bits per heavy atom. The molecule has 0 spiro atoms. The summed E-state index contributed by atoms with van der Waals surface area (Å²) in [6.07, 6.45) is 1.19. The van der Waals surface area contributed by atoms with Gasteiger partial charge in [-0.25, -0.2) is 0 Å². The molecule has 1 saturated heterocycles. The van der Waals surface area contributed by atoms with Gasteiger partial charge in [-0.15, -0.1) is 0 Å². The van der Waals surface area contributed by atoms with Crippen LogP contribution in [-0.4, -0.2) is 24.5 Å². The number of hydrogen-bond donors (Lipinski definition) is 0. The summed E-state index contributed by atoms with van der Waals surface area (Å²) in [5.74, 6) is 0.625. The van der Waals surface area contributed by atoms with Gasteiger partial charge in [0.05, 0.1) is 12.6 Å². The molecule has 0 bridgehead atoms. The van der Waals surface area contributed by atoms with Crippen LogP contribution < -0.4 is 0 Å². The molecular formula is C13H16N2. The number of benzene rings is 1. The van der Waals surface area contributed by atoms with Crippen molar-refractivity contribution in [2.45, 2.75) is 19.3 Å². The molecule has 1 heterocycles. The Balaban J connectivity index is 2.08. The van der Waals surface area contributed by atoms with E-state index < -0.39 is 0 Å². The highest BCUT2D eigenvalue weighted by molar-refractivity contribution is 5.30. The van der Waals surface area contributed by atoms with Crippen molar-refractivity contribution in [2.75, 3.05) is 19.6 Å². The molecule has 1 fully saturated rings. The van der Waals surface area contributed by atoms with Crippen molar-refractivity contribution < 1.29 is 0 Å². The summed E-state index contributed by atoms with van der Waals surface area (Å²) in [4.78, 5) is 2.23. The Labute approximate surface area is 91.1 Å². The fraction of sp³-hybridized carbons (Fsp3) is 0.462. The van der Waals surface area contributed by atoms with Gasteiger partial charge in [0.1, 0.15) is 0 Å². The zero-order valence-corrected chi connectivity index (χ0v) is 9.11. The maximum Gasteiger partial charge on any atom is 0.0866 e. The molecule has 1 aromatic rings. The van der Waals surface area contributed by atoms with Crippen LogP contribution in [0, 0.1) is 18.3 Å². The first kappa shape index (κ1) is 10.2. The molecule has 2 heteroatoms. The Kier molecular flexibility index (Phi) is 3.03. The molecule has 0 aliphatic carbocycles. The van der Waals surface area contributed by atoms with Gasteiger partial charge in [0.15, 0.2) is 0 Å². The van der Waals surface area contributed by atoms with Crippen molar-refractivity contribution in [3.8, 4) is 6.07 Å². The molecule has 1 aliphatic heterocycles. The fourth-order valence-electron chi connectivity index (χ4n) is 2.37. The van der Waals surface area contributed by atoms with Crippen LogP contribution in [0.1, 0.15) is 23.5 Å². The number of hydrogen-bond acceptors (Lipinski definition) is 2. The zero-order valence-electron chi connectivity index (χ0n) is 9.11. The van der Waals surface area contributed by atoms with Gasteiger partial charge in [0, 0.05) is 6.54 Å². The van der Waals surface area contributed by atoms with Gasteiger partial charge in [-0.2, -0.15) is 5.26 Å². The number of nitrogens with zero attached hydrogens (tertiary/aromatic N) is 2. The van der Waals surface area contributed by atoms with Gasteiger partial charge in [0.25, 0.3) is 0 Å². The lowest BCUT2D eigenvalue weighted by Gasteiger charge is -2.14. The van der Waals surface area contributed by atoms with E-state index in [0.29, 0.717) is 12.5 Å². The molecule has 1 atom stereocenters. The highest BCUT2D eigenvalue weighted by atomic mass is 15.1. The fourth-order valence-corrected chi connectivity index (χ4v) is 2.37. The van der Waals surface area contributed by atoms with Crippen LogP contribution in [0.2, 0.25) is 0 Å². The predicted molar refractivity (Wildman–Crippen MR) is 60.6 cm³/mol. The summed E-state index contributed by atoms with van der Waals surface area (Å²) in [5.41, 5.74) is 2.83. The first-order valence-electron chi connectivity index (χ1n) is 5.46. The lowest BCUT2D eigenvalue weighted by Crippen LogP contribution is -2.20. The van der Waals surface area contributed by atoms with Gasteiger partial charge < -0.3 is 0 Å². The van der Waals surface area contributed by atoms with Gasteiger partial charge in [-0.3, -0.25) is 4.90 Å². The van der Waals surface area contributed by atoms with Gasteiger partial charge in [-0.1, -0.05) is 24.3 Å². The van der Waals surface area contributed by atoms with Crippen LogP contribution in [0.4, 0.5) is 0 Å². The molecule has 1 aliphatic rings. The zero-order chi connectivity index (χ0) is 10.7. The Bertz CT molecular complexity index is 378. The number of likely N-dealkylation sites (tertiary alicyclic amines) is 1. The standard InChI is InChI=1S/C13H16N2/c1-11-4-2-3-5-13(11)12-6-8-15(10-12)9-7-14/h2-5,12H,6,8-10H2,1H3/t12-/m0/s1. The number of rotatable bonds is 2. The van der Waals surface area contributed by atoms with Gasteiger partial charge >= 0.3 is 0 Å². The lowest BCUT2D eigenvalue weighted by molar-refractivity contribution is 0.376. The normalized spacial score (nSPS) is 21.5. The average molecular weight is 200 g/mol. The molecule has 0 aromatic heterocycles. The second-order valence-corrected chi connectivity index (χ2v) is 4.24. The summed E-state index contributed by atoms with van der Waals surface area (Å²) in [7, 11) is 0. The van der Waals surface area contributed by atoms with Gasteiger partial charge in [-0.05, 0) is 36.9 Å². The third-order valence-corrected chi connectivity index (χ3v) is 3.19. The minimum atomic E-state index is 0.572. The minimum absolute atomic E-state index is 0.572. The first-order valence-corrected chi connectivity index (χ1v) is 5.46. The van der Waals surface area contributed by atoms with Crippen molar-refractivity contribution in [2.24, 2.45) is 0 Å². The van der Waals surface area contributed by atoms with E-state index in [-0.39, 0.29) is 0 Å². The maximum absolute atomic E-state index is 8.65. The van der Waals surface area contributed by atoms with Crippen LogP contribution >= 0.6 is 0 Å². The summed E-state index contributed by atoms with van der Waals surface area (Å²) < 4.78 is 0. The van der Waals surface area contributed by atoms with Crippen molar-refractivity contribution in [1.82, 2.24) is 4.90 Å². The van der Waals surface area contributed by atoms with E-state index in [4.69, 9.17) is 5.26 Å². The molecule has 78 valence electrons. The van der Waals surface area contributed by atoms with Crippen LogP contribution in [-0.2, 0) is 0 Å². The van der Waals surface area contributed by atoms with Gasteiger partial charge in [0.2, 0.25) is 0 Å². The van der Waals surface area contributed by atoms with E-state index in [2.05, 4.69) is 42.2 Å². The quantitative estimate of drug-likeness (QED) is 0.685. The third-order valence-electron chi connectivity index (χ3n) is 3.19. The van der Waals surface area contributed by atoms with Crippen molar-refractivity contribution in [3.63, 3.8) is 0 Å².